The van der Waals surface area contributed by atoms with Crippen molar-refractivity contribution in [2.75, 3.05) is 0 Å². The number of nitrogens with zero attached hydrogens (tertiary/aromatic N) is 2. The first-order valence-corrected chi connectivity index (χ1v) is 6.93. The first kappa shape index (κ1) is 13.6. The van der Waals surface area contributed by atoms with Crippen molar-refractivity contribution >= 4 is 0 Å². The molecule has 19 heavy (non-hydrogen) atoms. The molecule has 102 valence electrons. The lowest BCUT2D eigenvalue weighted by atomic mass is 9.83. The highest BCUT2D eigenvalue weighted by Gasteiger charge is 2.25. The molecule has 1 aromatic rings. The van der Waals surface area contributed by atoms with Crippen LogP contribution in [0.1, 0.15) is 57.1 Å². The van der Waals surface area contributed by atoms with Gasteiger partial charge in [-0.1, -0.05) is 26.2 Å². The van der Waals surface area contributed by atoms with Gasteiger partial charge in [-0.2, -0.15) is 5.26 Å². The van der Waals surface area contributed by atoms with Crippen molar-refractivity contribution in [3.8, 4) is 6.07 Å². The summed E-state index contributed by atoms with van der Waals surface area (Å²) in [4.78, 5) is 25.6. The minimum Gasteiger partial charge on any atom is -0.296 e. The van der Waals surface area contributed by atoms with E-state index in [1.165, 1.54) is 25.5 Å². The Hall–Kier alpha value is -1.83. The van der Waals surface area contributed by atoms with E-state index in [9.17, 15) is 9.59 Å². The maximum Gasteiger partial charge on any atom is 0.328 e. The van der Waals surface area contributed by atoms with E-state index in [4.69, 9.17) is 5.26 Å². The summed E-state index contributed by atoms with van der Waals surface area (Å²) in [6.45, 7) is 2.04. The van der Waals surface area contributed by atoms with Crippen LogP contribution in [0.5, 0.6) is 0 Å². The fourth-order valence-corrected chi connectivity index (χ4v) is 3.09. The van der Waals surface area contributed by atoms with Crippen molar-refractivity contribution in [2.24, 2.45) is 5.92 Å². The molecule has 5 nitrogen and oxygen atoms in total. The summed E-state index contributed by atoms with van der Waals surface area (Å²) in [5.74, 6) is 0.467. The second-order valence-corrected chi connectivity index (χ2v) is 5.19. The van der Waals surface area contributed by atoms with Gasteiger partial charge in [0.15, 0.2) is 0 Å². The first-order chi connectivity index (χ1) is 9.17. The normalized spacial score (nSPS) is 17.9. The number of rotatable bonds is 3. The van der Waals surface area contributed by atoms with Gasteiger partial charge >= 0.3 is 5.69 Å². The average molecular weight is 261 g/mol. The van der Waals surface area contributed by atoms with Crippen molar-refractivity contribution in [3.63, 3.8) is 0 Å². The van der Waals surface area contributed by atoms with Crippen LogP contribution in [0.15, 0.2) is 15.8 Å². The Labute approximate surface area is 111 Å². The molecule has 1 aromatic heterocycles. The SMILES string of the molecule is CCC(C1CCCCC1)n1cc(C#N)c(=O)[nH]c1=O. The van der Waals surface area contributed by atoms with Gasteiger partial charge in [-0.05, 0) is 25.2 Å². The molecule has 1 aliphatic rings. The maximum absolute atomic E-state index is 11.9. The second-order valence-electron chi connectivity index (χ2n) is 5.19. The van der Waals surface area contributed by atoms with Crippen LogP contribution in [-0.4, -0.2) is 9.55 Å². The average Bonchev–Trinajstić information content (AvgIpc) is 2.43. The van der Waals surface area contributed by atoms with E-state index >= 15 is 0 Å². The standard InChI is InChI=1S/C14H19N3O2/c1-2-12(10-6-4-3-5-7-10)17-9-11(8-15)13(18)16-14(17)19/h9-10,12H,2-7H2,1H3,(H,16,18,19). The Morgan fingerprint density at radius 2 is 2.11 bits per heavy atom. The Kier molecular flexibility index (Phi) is 4.20. The molecule has 1 fully saturated rings. The summed E-state index contributed by atoms with van der Waals surface area (Å²) in [7, 11) is 0. The highest BCUT2D eigenvalue weighted by Crippen LogP contribution is 2.33. The molecule has 1 saturated carbocycles. The highest BCUT2D eigenvalue weighted by atomic mass is 16.2. The van der Waals surface area contributed by atoms with E-state index in [1.54, 1.807) is 4.57 Å². The van der Waals surface area contributed by atoms with Gasteiger partial charge < -0.3 is 0 Å². The molecule has 0 aliphatic heterocycles. The fourth-order valence-electron chi connectivity index (χ4n) is 3.09. The van der Waals surface area contributed by atoms with Crippen LogP contribution in [-0.2, 0) is 0 Å². The quantitative estimate of drug-likeness (QED) is 0.903. The smallest absolute Gasteiger partial charge is 0.296 e. The van der Waals surface area contributed by atoms with Crippen LogP contribution in [0.3, 0.4) is 0 Å². The third kappa shape index (κ3) is 2.78. The second kappa shape index (κ2) is 5.87. The van der Waals surface area contributed by atoms with Gasteiger partial charge in [-0.3, -0.25) is 14.3 Å². The number of aromatic nitrogens is 2. The van der Waals surface area contributed by atoms with Gasteiger partial charge in [0.25, 0.3) is 5.56 Å². The van der Waals surface area contributed by atoms with E-state index in [0.29, 0.717) is 5.92 Å². The third-order valence-corrected chi connectivity index (χ3v) is 4.06. The molecular formula is C14H19N3O2. The zero-order valence-corrected chi connectivity index (χ0v) is 11.2. The summed E-state index contributed by atoms with van der Waals surface area (Å²) in [5.41, 5.74) is -0.988. The molecule has 1 aliphatic carbocycles. The van der Waals surface area contributed by atoms with Crippen molar-refractivity contribution in [3.05, 3.63) is 32.6 Å². The van der Waals surface area contributed by atoms with Gasteiger partial charge in [0.05, 0.1) is 0 Å². The summed E-state index contributed by atoms with van der Waals surface area (Å²) in [5, 5.41) is 8.91. The van der Waals surface area contributed by atoms with Gasteiger partial charge in [0.1, 0.15) is 11.6 Å². The topological polar surface area (TPSA) is 78.7 Å². The Morgan fingerprint density at radius 1 is 1.42 bits per heavy atom. The van der Waals surface area contributed by atoms with Gasteiger partial charge in [0, 0.05) is 12.2 Å². The molecule has 0 radical (unpaired) electrons. The highest BCUT2D eigenvalue weighted by molar-refractivity contribution is 5.22. The molecule has 1 unspecified atom stereocenters. The van der Waals surface area contributed by atoms with Gasteiger partial charge in [-0.25, -0.2) is 4.79 Å². The largest absolute Gasteiger partial charge is 0.328 e. The number of H-pyrrole nitrogens is 1. The zero-order chi connectivity index (χ0) is 13.8. The maximum atomic E-state index is 11.9. The van der Waals surface area contributed by atoms with Crippen LogP contribution in [0.4, 0.5) is 0 Å². The lowest BCUT2D eigenvalue weighted by Crippen LogP contribution is -2.36. The molecule has 0 amide bonds. The number of hydrogen-bond acceptors (Lipinski definition) is 3. The molecular weight excluding hydrogens is 242 g/mol. The third-order valence-electron chi connectivity index (χ3n) is 4.06. The lowest BCUT2D eigenvalue weighted by Gasteiger charge is -2.30. The van der Waals surface area contributed by atoms with Crippen molar-refractivity contribution < 1.29 is 0 Å². The number of nitriles is 1. The van der Waals surface area contributed by atoms with Crippen LogP contribution in [0.25, 0.3) is 0 Å². The van der Waals surface area contributed by atoms with E-state index < -0.39 is 11.2 Å². The van der Waals surface area contributed by atoms with Crippen LogP contribution < -0.4 is 11.2 Å². The van der Waals surface area contributed by atoms with Crippen molar-refractivity contribution in [1.82, 2.24) is 9.55 Å². The van der Waals surface area contributed by atoms with E-state index in [-0.39, 0.29) is 11.6 Å². The zero-order valence-electron chi connectivity index (χ0n) is 11.2. The van der Waals surface area contributed by atoms with Crippen molar-refractivity contribution in [2.45, 2.75) is 51.5 Å². The van der Waals surface area contributed by atoms with E-state index in [1.807, 2.05) is 13.0 Å². The lowest BCUT2D eigenvalue weighted by molar-refractivity contribution is 0.236. The Bertz CT molecular complexity index is 588. The molecule has 2 rings (SSSR count). The Balaban J connectivity index is 2.40. The summed E-state index contributed by atoms with van der Waals surface area (Å²) in [6.07, 6.45) is 8.15. The van der Waals surface area contributed by atoms with Crippen LogP contribution in [0, 0.1) is 17.2 Å². The summed E-state index contributed by atoms with van der Waals surface area (Å²) >= 11 is 0. The monoisotopic (exact) mass is 261 g/mol. The minimum absolute atomic E-state index is 0.00820. The minimum atomic E-state index is -0.595. The van der Waals surface area contributed by atoms with E-state index in [0.717, 1.165) is 19.3 Å². The van der Waals surface area contributed by atoms with Gasteiger partial charge in [-0.15, -0.1) is 0 Å². The molecule has 0 saturated heterocycles. The summed E-state index contributed by atoms with van der Waals surface area (Å²) in [6, 6.07) is 1.92. The number of hydrogen-bond donors (Lipinski definition) is 1. The van der Waals surface area contributed by atoms with Crippen LogP contribution >= 0.6 is 0 Å². The molecule has 0 bridgehead atoms. The first-order valence-electron chi connectivity index (χ1n) is 6.93. The predicted molar refractivity (Wildman–Crippen MR) is 71.9 cm³/mol. The van der Waals surface area contributed by atoms with E-state index in [2.05, 4.69) is 4.98 Å². The number of aromatic amines is 1. The molecule has 1 atom stereocenters. The molecule has 1 N–H and O–H groups in total. The predicted octanol–water partition coefficient (Wildman–Crippen LogP) is 1.94. The molecule has 0 aromatic carbocycles. The van der Waals surface area contributed by atoms with Gasteiger partial charge in [0.2, 0.25) is 0 Å². The molecule has 0 spiro atoms. The molecule has 5 heteroatoms. The molecule has 1 heterocycles. The summed E-state index contributed by atoms with van der Waals surface area (Å²) < 4.78 is 1.55. The fraction of sp³-hybridized carbons (Fsp3) is 0.643. The number of nitrogens with one attached hydrogen (secondary N) is 1. The Morgan fingerprint density at radius 3 is 2.68 bits per heavy atom. The van der Waals surface area contributed by atoms with Crippen LogP contribution in [0.2, 0.25) is 0 Å². The van der Waals surface area contributed by atoms with Crippen molar-refractivity contribution in [1.29, 1.82) is 5.26 Å².